The van der Waals surface area contributed by atoms with Crippen LogP contribution in [-0.2, 0) is 22.4 Å². The third-order valence-electron chi connectivity index (χ3n) is 6.93. The van der Waals surface area contributed by atoms with E-state index in [1.165, 1.54) is 54.5 Å². The monoisotopic (exact) mass is 581 g/mol. The number of benzene rings is 2. The molecule has 0 aliphatic heterocycles. The Balaban J connectivity index is 1.40. The summed E-state index contributed by atoms with van der Waals surface area (Å²) in [5.41, 5.74) is 2.32. The van der Waals surface area contributed by atoms with Crippen molar-refractivity contribution < 1.29 is 24.0 Å². The van der Waals surface area contributed by atoms with Gasteiger partial charge in [0, 0.05) is 33.2 Å². The van der Waals surface area contributed by atoms with Gasteiger partial charge in [-0.3, -0.25) is 19.7 Å². The number of hydrogen-bond donors (Lipinski definition) is 2. The van der Waals surface area contributed by atoms with Crippen LogP contribution in [0.4, 0.5) is 16.4 Å². The Kier molecular flexibility index (Phi) is 8.95. The number of amides is 2. The van der Waals surface area contributed by atoms with E-state index in [1.807, 2.05) is 6.07 Å². The highest BCUT2D eigenvalue weighted by Gasteiger charge is 2.34. The summed E-state index contributed by atoms with van der Waals surface area (Å²) in [5.74, 6) is -0.488. The molecule has 40 heavy (non-hydrogen) atoms. The zero-order valence-corrected chi connectivity index (χ0v) is 24.4. The molecule has 1 aromatic heterocycles. The number of hydrogen-bond acceptors (Lipinski definition) is 8. The molecule has 1 heterocycles. The van der Waals surface area contributed by atoms with Crippen LogP contribution in [0.15, 0.2) is 53.4 Å². The molecule has 210 valence electrons. The number of fused-ring (bicyclic) bond motifs is 1. The number of thiophene rings is 1. The Morgan fingerprint density at radius 2 is 1.85 bits per heavy atom. The highest BCUT2D eigenvalue weighted by molar-refractivity contribution is 8.00. The minimum absolute atomic E-state index is 0.0937. The number of anilines is 2. The Morgan fingerprint density at radius 1 is 1.12 bits per heavy atom. The minimum Gasteiger partial charge on any atom is -0.465 e. The molecule has 11 heteroatoms. The second kappa shape index (κ2) is 12.2. The number of nitrogens with one attached hydrogen (secondary N) is 2. The first-order valence-corrected chi connectivity index (χ1v) is 14.6. The lowest BCUT2D eigenvalue weighted by Gasteiger charge is -2.33. The lowest BCUT2D eigenvalue weighted by atomic mass is 9.72. The van der Waals surface area contributed by atoms with E-state index in [4.69, 9.17) is 4.74 Å². The molecule has 4 rings (SSSR count). The molecule has 0 spiro atoms. The normalized spacial score (nSPS) is 14.7. The predicted octanol–water partition coefficient (Wildman–Crippen LogP) is 6.58. The summed E-state index contributed by atoms with van der Waals surface area (Å²) in [6.45, 7) is 6.69. The number of non-ortho nitro benzene ring substituents is 1. The van der Waals surface area contributed by atoms with Crippen LogP contribution in [0.3, 0.4) is 0 Å². The minimum atomic E-state index is -0.524. The van der Waals surface area contributed by atoms with E-state index >= 15 is 0 Å². The van der Waals surface area contributed by atoms with Gasteiger partial charge >= 0.3 is 5.97 Å². The lowest BCUT2D eigenvalue weighted by Crippen LogP contribution is -2.26. The standard InChI is InChI=1S/C29H31N3O6S2/c1-29(2,3)18-10-13-22-23(14-18)40-27(25(22)28(35)38-4)31-24(33)16-39-21-7-5-6-19(15-21)30-26(34)17-8-11-20(12-9-17)32(36)37/h5-9,11-12,15,18H,10,13-14,16H2,1-4H3,(H,30,34)(H,31,33). The molecule has 0 bridgehead atoms. The predicted molar refractivity (Wildman–Crippen MR) is 157 cm³/mol. The van der Waals surface area contributed by atoms with Crippen molar-refractivity contribution in [3.8, 4) is 0 Å². The molecular weight excluding hydrogens is 550 g/mol. The number of thioether (sulfide) groups is 1. The maximum atomic E-state index is 12.9. The van der Waals surface area contributed by atoms with Crippen molar-refractivity contribution in [2.24, 2.45) is 11.3 Å². The largest absolute Gasteiger partial charge is 0.465 e. The first-order chi connectivity index (χ1) is 19.0. The molecule has 1 atom stereocenters. The van der Waals surface area contributed by atoms with E-state index in [2.05, 4.69) is 31.4 Å². The van der Waals surface area contributed by atoms with Crippen molar-refractivity contribution in [1.82, 2.24) is 0 Å². The lowest BCUT2D eigenvalue weighted by molar-refractivity contribution is -0.384. The van der Waals surface area contributed by atoms with Gasteiger partial charge in [-0.2, -0.15) is 0 Å². The number of ether oxygens (including phenoxy) is 1. The number of esters is 1. The molecular formula is C29H31N3O6S2. The summed E-state index contributed by atoms with van der Waals surface area (Å²) in [6, 6.07) is 12.4. The fourth-order valence-corrected chi connectivity index (χ4v) is 6.73. The van der Waals surface area contributed by atoms with E-state index in [1.54, 1.807) is 18.2 Å². The highest BCUT2D eigenvalue weighted by Crippen LogP contribution is 2.44. The van der Waals surface area contributed by atoms with Gasteiger partial charge in [0.25, 0.3) is 11.6 Å². The fraction of sp³-hybridized carbons (Fsp3) is 0.345. The summed E-state index contributed by atoms with van der Waals surface area (Å²) in [5, 5.41) is 17.1. The van der Waals surface area contributed by atoms with Crippen LogP contribution in [-0.4, -0.2) is 35.6 Å². The van der Waals surface area contributed by atoms with Gasteiger partial charge in [-0.25, -0.2) is 4.79 Å². The summed E-state index contributed by atoms with van der Waals surface area (Å²) in [7, 11) is 1.35. The molecule has 0 radical (unpaired) electrons. The van der Waals surface area contributed by atoms with Crippen molar-refractivity contribution in [1.29, 1.82) is 0 Å². The Morgan fingerprint density at radius 3 is 2.50 bits per heavy atom. The van der Waals surface area contributed by atoms with Crippen LogP contribution in [0.25, 0.3) is 0 Å². The number of nitro benzene ring substituents is 1. The van der Waals surface area contributed by atoms with E-state index in [-0.39, 0.29) is 28.3 Å². The third kappa shape index (κ3) is 6.89. The summed E-state index contributed by atoms with van der Waals surface area (Å²) in [4.78, 5) is 50.3. The van der Waals surface area contributed by atoms with E-state index in [0.29, 0.717) is 22.2 Å². The van der Waals surface area contributed by atoms with E-state index in [0.717, 1.165) is 34.6 Å². The molecule has 1 aliphatic carbocycles. The molecule has 2 N–H and O–H groups in total. The van der Waals surface area contributed by atoms with E-state index < -0.39 is 16.8 Å². The van der Waals surface area contributed by atoms with Gasteiger partial charge in [0.05, 0.1) is 23.3 Å². The fourth-order valence-electron chi connectivity index (χ4n) is 4.64. The van der Waals surface area contributed by atoms with Gasteiger partial charge in [0.1, 0.15) is 5.00 Å². The molecule has 0 fully saturated rings. The molecule has 2 amide bonds. The molecule has 3 aromatic rings. The number of carbonyl (C=O) groups is 3. The van der Waals surface area contributed by atoms with Gasteiger partial charge in [-0.15, -0.1) is 23.1 Å². The maximum absolute atomic E-state index is 12.9. The molecule has 0 saturated carbocycles. The highest BCUT2D eigenvalue weighted by atomic mass is 32.2. The summed E-state index contributed by atoms with van der Waals surface area (Å²) in [6.07, 6.45) is 2.63. The topological polar surface area (TPSA) is 128 Å². The van der Waals surface area contributed by atoms with Gasteiger partial charge in [0.2, 0.25) is 5.91 Å². The first-order valence-electron chi connectivity index (χ1n) is 12.8. The summed E-state index contributed by atoms with van der Waals surface area (Å²) >= 11 is 2.76. The molecule has 2 aromatic carbocycles. The number of carbonyl (C=O) groups excluding carboxylic acids is 3. The van der Waals surface area contributed by atoms with Crippen LogP contribution >= 0.6 is 23.1 Å². The quantitative estimate of drug-likeness (QED) is 0.133. The zero-order valence-electron chi connectivity index (χ0n) is 22.7. The van der Waals surface area contributed by atoms with Crippen molar-refractivity contribution >= 4 is 57.3 Å². The van der Waals surface area contributed by atoms with Crippen molar-refractivity contribution in [3.05, 3.63) is 80.2 Å². The smallest absolute Gasteiger partial charge is 0.341 e. The third-order valence-corrected chi connectivity index (χ3v) is 9.10. The SMILES string of the molecule is COC(=O)c1c(NC(=O)CSc2cccc(NC(=O)c3ccc([N+](=O)[O-])cc3)c2)sc2c1CCC(C(C)(C)C)C2. The Bertz CT molecular complexity index is 1440. The average Bonchev–Trinajstić information content (AvgIpc) is 3.28. The summed E-state index contributed by atoms with van der Waals surface area (Å²) < 4.78 is 5.05. The first kappa shape index (κ1) is 29.3. The van der Waals surface area contributed by atoms with E-state index in [9.17, 15) is 24.5 Å². The van der Waals surface area contributed by atoms with Gasteiger partial charge < -0.3 is 15.4 Å². The second-order valence-electron chi connectivity index (χ2n) is 10.6. The van der Waals surface area contributed by atoms with Crippen LogP contribution in [0.2, 0.25) is 0 Å². The average molecular weight is 582 g/mol. The number of rotatable bonds is 8. The van der Waals surface area contributed by atoms with Crippen molar-refractivity contribution in [3.63, 3.8) is 0 Å². The Labute approximate surface area is 240 Å². The maximum Gasteiger partial charge on any atom is 0.341 e. The Hall–Kier alpha value is -3.70. The van der Waals surface area contributed by atoms with Gasteiger partial charge in [-0.1, -0.05) is 26.8 Å². The van der Waals surface area contributed by atoms with Gasteiger partial charge in [-0.05, 0) is 66.5 Å². The molecule has 9 nitrogen and oxygen atoms in total. The van der Waals surface area contributed by atoms with Crippen LogP contribution in [0, 0.1) is 21.4 Å². The second-order valence-corrected chi connectivity index (χ2v) is 12.8. The number of nitrogens with zero attached hydrogens (tertiary/aromatic N) is 1. The van der Waals surface area contributed by atoms with Crippen LogP contribution in [0.5, 0.6) is 0 Å². The molecule has 1 aliphatic rings. The molecule has 1 unspecified atom stereocenters. The van der Waals surface area contributed by atoms with Crippen LogP contribution in [0.1, 0.15) is 58.3 Å². The van der Waals surface area contributed by atoms with Gasteiger partial charge in [0.15, 0.2) is 0 Å². The van der Waals surface area contributed by atoms with Crippen molar-refractivity contribution in [2.75, 3.05) is 23.5 Å². The van der Waals surface area contributed by atoms with Crippen LogP contribution < -0.4 is 10.6 Å². The number of nitro groups is 1. The zero-order chi connectivity index (χ0) is 29.0. The van der Waals surface area contributed by atoms with Crippen molar-refractivity contribution in [2.45, 2.75) is 44.9 Å². The molecule has 0 saturated heterocycles. The number of methoxy groups -OCH3 is 1.